The van der Waals surface area contributed by atoms with Gasteiger partial charge in [0.25, 0.3) is 5.91 Å². The van der Waals surface area contributed by atoms with E-state index in [1.165, 1.54) is 10.4 Å². The average molecular weight is 292 g/mol. The van der Waals surface area contributed by atoms with Crippen molar-refractivity contribution in [1.29, 1.82) is 0 Å². The van der Waals surface area contributed by atoms with Gasteiger partial charge >= 0.3 is 0 Å². The second-order valence-electron chi connectivity index (χ2n) is 4.94. The zero-order valence-corrected chi connectivity index (χ0v) is 13.2. The summed E-state index contributed by atoms with van der Waals surface area (Å²) in [5, 5.41) is 6.84. The van der Waals surface area contributed by atoms with E-state index in [1.807, 2.05) is 13.0 Å². The van der Waals surface area contributed by atoms with Crippen molar-refractivity contribution in [1.82, 2.24) is 20.1 Å². The van der Waals surface area contributed by atoms with Gasteiger partial charge in [0.2, 0.25) is 0 Å². The van der Waals surface area contributed by atoms with Crippen LogP contribution in [0.5, 0.6) is 0 Å². The van der Waals surface area contributed by atoms with Crippen LogP contribution in [0.25, 0.3) is 0 Å². The summed E-state index contributed by atoms with van der Waals surface area (Å²) >= 11 is 1.57. The van der Waals surface area contributed by atoms with Crippen molar-refractivity contribution in [2.45, 2.75) is 40.2 Å². The van der Waals surface area contributed by atoms with Gasteiger partial charge in [0, 0.05) is 11.9 Å². The van der Waals surface area contributed by atoms with Gasteiger partial charge in [-0.25, -0.2) is 4.98 Å². The lowest BCUT2D eigenvalue weighted by Gasteiger charge is -2.13. The van der Waals surface area contributed by atoms with Gasteiger partial charge in [0.1, 0.15) is 5.82 Å². The lowest BCUT2D eigenvalue weighted by Crippen LogP contribution is -2.26. The van der Waals surface area contributed by atoms with E-state index in [4.69, 9.17) is 0 Å². The molecule has 0 saturated heterocycles. The van der Waals surface area contributed by atoms with E-state index in [0.29, 0.717) is 12.4 Å². The molecule has 0 aromatic carbocycles. The summed E-state index contributed by atoms with van der Waals surface area (Å²) in [6.07, 6.45) is 2.12. The molecule has 0 aliphatic heterocycles. The molecular weight excluding hydrogens is 272 g/mol. The first kappa shape index (κ1) is 14.7. The van der Waals surface area contributed by atoms with Crippen LogP contribution in [0.15, 0.2) is 6.07 Å². The Morgan fingerprint density at radius 3 is 2.80 bits per heavy atom. The van der Waals surface area contributed by atoms with Crippen molar-refractivity contribution in [3.63, 3.8) is 0 Å². The molecule has 0 atom stereocenters. The molecule has 0 aliphatic rings. The molecule has 1 N–H and O–H groups in total. The highest BCUT2D eigenvalue weighted by molar-refractivity contribution is 7.14. The zero-order valence-electron chi connectivity index (χ0n) is 12.4. The number of nitrogens with zero attached hydrogens (tertiary/aromatic N) is 3. The molecule has 1 amide bonds. The zero-order chi connectivity index (χ0) is 14.7. The molecule has 0 radical (unpaired) electrons. The minimum absolute atomic E-state index is 0.0305. The van der Waals surface area contributed by atoms with Crippen molar-refractivity contribution in [3.05, 3.63) is 33.0 Å². The van der Waals surface area contributed by atoms with Crippen molar-refractivity contribution in [2.75, 3.05) is 7.05 Å². The normalized spacial score (nSPS) is 10.8. The fourth-order valence-electron chi connectivity index (χ4n) is 2.07. The Hall–Kier alpha value is -1.69. The number of hydrogen-bond acceptors (Lipinski definition) is 4. The number of rotatable bonds is 5. The lowest BCUT2D eigenvalue weighted by molar-refractivity contribution is 0.0786. The van der Waals surface area contributed by atoms with Crippen LogP contribution in [-0.2, 0) is 13.0 Å². The van der Waals surface area contributed by atoms with Gasteiger partial charge in [0.15, 0.2) is 5.82 Å². The summed E-state index contributed by atoms with van der Waals surface area (Å²) in [6, 6.07) is 2.02. The van der Waals surface area contributed by atoms with Crippen LogP contribution in [-0.4, -0.2) is 33.0 Å². The number of hydrogen-bond donors (Lipinski definition) is 1. The van der Waals surface area contributed by atoms with Crippen LogP contribution in [0.2, 0.25) is 0 Å². The highest BCUT2D eigenvalue weighted by Crippen LogP contribution is 2.24. The van der Waals surface area contributed by atoms with Crippen LogP contribution in [0.4, 0.5) is 0 Å². The molecule has 6 heteroatoms. The Bertz CT molecular complexity index is 602. The molecule has 0 unspecified atom stereocenters. The van der Waals surface area contributed by atoms with Crippen LogP contribution in [0, 0.1) is 13.8 Å². The Labute approximate surface area is 123 Å². The summed E-state index contributed by atoms with van der Waals surface area (Å²) in [6.45, 7) is 6.49. The molecule has 0 bridgehead atoms. The minimum Gasteiger partial charge on any atom is -0.333 e. The maximum Gasteiger partial charge on any atom is 0.264 e. The van der Waals surface area contributed by atoms with Gasteiger partial charge in [-0.3, -0.25) is 9.89 Å². The van der Waals surface area contributed by atoms with E-state index >= 15 is 0 Å². The summed E-state index contributed by atoms with van der Waals surface area (Å²) in [7, 11) is 1.78. The van der Waals surface area contributed by atoms with E-state index in [0.717, 1.165) is 23.5 Å². The number of amides is 1. The van der Waals surface area contributed by atoms with Gasteiger partial charge < -0.3 is 4.90 Å². The summed E-state index contributed by atoms with van der Waals surface area (Å²) in [4.78, 5) is 20.3. The van der Waals surface area contributed by atoms with Crippen molar-refractivity contribution >= 4 is 17.2 Å². The number of aromatic nitrogens is 3. The fourth-order valence-corrected chi connectivity index (χ4v) is 3.14. The smallest absolute Gasteiger partial charge is 0.264 e. The molecule has 0 fully saturated rings. The first-order valence-electron chi connectivity index (χ1n) is 6.74. The SMILES string of the molecule is CCCc1cc(C(=O)N(C)Cc2n[nH]c(C)n2)sc1C. The Morgan fingerprint density at radius 1 is 1.45 bits per heavy atom. The first-order valence-corrected chi connectivity index (χ1v) is 7.55. The van der Waals surface area contributed by atoms with Gasteiger partial charge in [-0.15, -0.1) is 11.3 Å². The van der Waals surface area contributed by atoms with Crippen LogP contribution in [0.1, 0.15) is 45.1 Å². The first-order chi connectivity index (χ1) is 9.51. The van der Waals surface area contributed by atoms with Crippen LogP contribution >= 0.6 is 11.3 Å². The lowest BCUT2D eigenvalue weighted by atomic mass is 10.1. The second-order valence-corrected chi connectivity index (χ2v) is 6.20. The standard InChI is InChI=1S/C14H20N4OS/c1-5-6-11-7-12(20-9(11)2)14(19)18(4)8-13-15-10(3)16-17-13/h7H,5-6,8H2,1-4H3,(H,15,16,17). The molecule has 5 nitrogen and oxygen atoms in total. The molecular formula is C14H20N4OS. The summed E-state index contributed by atoms with van der Waals surface area (Å²) in [5.74, 6) is 1.43. The molecule has 108 valence electrons. The Kier molecular flexibility index (Phi) is 4.54. The Morgan fingerprint density at radius 2 is 2.20 bits per heavy atom. The molecule has 0 aliphatic carbocycles. The number of thiophene rings is 1. The number of H-pyrrole nitrogens is 1. The van der Waals surface area contributed by atoms with E-state index in [-0.39, 0.29) is 5.91 Å². The molecule has 2 aromatic rings. The predicted molar refractivity (Wildman–Crippen MR) is 80.0 cm³/mol. The monoisotopic (exact) mass is 292 g/mol. The van der Waals surface area contributed by atoms with Gasteiger partial charge in [0.05, 0.1) is 11.4 Å². The minimum atomic E-state index is 0.0305. The summed E-state index contributed by atoms with van der Waals surface area (Å²) < 4.78 is 0. The van der Waals surface area contributed by atoms with Crippen LogP contribution < -0.4 is 0 Å². The molecule has 0 spiro atoms. The quantitative estimate of drug-likeness (QED) is 0.921. The van der Waals surface area contributed by atoms with E-state index in [1.54, 1.807) is 23.3 Å². The highest BCUT2D eigenvalue weighted by atomic mass is 32.1. The number of nitrogens with one attached hydrogen (secondary N) is 1. The van der Waals surface area contributed by atoms with Crippen molar-refractivity contribution < 1.29 is 4.79 Å². The number of aryl methyl sites for hydroxylation is 3. The molecule has 2 aromatic heterocycles. The fraction of sp³-hybridized carbons (Fsp3) is 0.500. The maximum absolute atomic E-state index is 12.4. The maximum atomic E-state index is 12.4. The predicted octanol–water partition coefficient (Wildman–Crippen LogP) is 2.71. The Balaban J connectivity index is 2.08. The van der Waals surface area contributed by atoms with Crippen molar-refractivity contribution in [3.8, 4) is 0 Å². The van der Waals surface area contributed by atoms with E-state index in [9.17, 15) is 4.79 Å². The number of carbonyl (C=O) groups is 1. The average Bonchev–Trinajstić information content (AvgIpc) is 2.96. The van der Waals surface area contributed by atoms with Gasteiger partial charge in [-0.2, -0.15) is 5.10 Å². The van der Waals surface area contributed by atoms with Crippen LogP contribution in [0.3, 0.4) is 0 Å². The molecule has 2 heterocycles. The third-order valence-corrected chi connectivity index (χ3v) is 4.20. The van der Waals surface area contributed by atoms with E-state index in [2.05, 4.69) is 29.0 Å². The second kappa shape index (κ2) is 6.17. The third-order valence-electron chi connectivity index (χ3n) is 3.12. The van der Waals surface area contributed by atoms with Gasteiger partial charge in [-0.05, 0) is 31.9 Å². The van der Waals surface area contributed by atoms with Gasteiger partial charge in [-0.1, -0.05) is 13.3 Å². The third kappa shape index (κ3) is 3.25. The summed E-state index contributed by atoms with van der Waals surface area (Å²) in [5.41, 5.74) is 1.28. The number of carbonyl (C=O) groups excluding carboxylic acids is 1. The topological polar surface area (TPSA) is 61.9 Å². The molecule has 2 rings (SSSR count). The highest BCUT2D eigenvalue weighted by Gasteiger charge is 2.17. The van der Waals surface area contributed by atoms with Crippen molar-refractivity contribution in [2.24, 2.45) is 0 Å². The van der Waals surface area contributed by atoms with E-state index < -0.39 is 0 Å². The molecule has 20 heavy (non-hydrogen) atoms. The molecule has 0 saturated carbocycles. The number of aromatic amines is 1. The largest absolute Gasteiger partial charge is 0.333 e.